The summed E-state index contributed by atoms with van der Waals surface area (Å²) >= 11 is 5.10. The van der Waals surface area contributed by atoms with Gasteiger partial charge in [-0.2, -0.15) is 0 Å². The largest absolute Gasteiger partial charge is 0.334 e. The molecule has 3 heterocycles. The fourth-order valence-electron chi connectivity index (χ4n) is 3.07. The van der Waals surface area contributed by atoms with Crippen LogP contribution in [-0.4, -0.2) is 26.4 Å². The first kappa shape index (κ1) is 13.5. The molecule has 4 nitrogen and oxygen atoms in total. The van der Waals surface area contributed by atoms with Crippen molar-refractivity contribution in [3.8, 4) is 0 Å². The van der Waals surface area contributed by atoms with Crippen molar-refractivity contribution in [1.82, 2.24) is 19.9 Å². The Morgan fingerprint density at radius 1 is 1.18 bits per heavy atom. The Morgan fingerprint density at radius 2 is 2.09 bits per heavy atom. The third-order valence-electron chi connectivity index (χ3n) is 4.19. The first-order valence-corrected chi connectivity index (χ1v) is 7.82. The molecule has 1 aromatic carbocycles. The van der Waals surface area contributed by atoms with Crippen LogP contribution >= 0.6 is 12.2 Å². The van der Waals surface area contributed by atoms with Crippen LogP contribution < -0.4 is 0 Å². The molecule has 1 aliphatic heterocycles. The molecule has 1 N–H and O–H groups in total. The molecule has 0 amide bonds. The van der Waals surface area contributed by atoms with Gasteiger partial charge in [0, 0.05) is 55.1 Å². The minimum atomic E-state index is 0.576. The van der Waals surface area contributed by atoms with Gasteiger partial charge in [-0.15, -0.1) is 0 Å². The van der Waals surface area contributed by atoms with Gasteiger partial charge in [-0.3, -0.25) is 9.88 Å². The second kappa shape index (κ2) is 5.59. The highest BCUT2D eigenvalue weighted by molar-refractivity contribution is 7.71. The van der Waals surface area contributed by atoms with Crippen molar-refractivity contribution in [2.24, 2.45) is 0 Å². The molecule has 1 aliphatic rings. The molecular weight excluding hydrogens is 292 g/mol. The number of aromatic amines is 1. The van der Waals surface area contributed by atoms with Crippen LogP contribution in [0.4, 0.5) is 0 Å². The molecule has 0 atom stereocenters. The summed E-state index contributed by atoms with van der Waals surface area (Å²) < 4.78 is 0.576. The molecule has 3 aromatic rings. The normalized spacial score (nSPS) is 14.9. The summed E-state index contributed by atoms with van der Waals surface area (Å²) in [5.74, 6) is 0. The Bertz CT molecular complexity index is 882. The Labute approximate surface area is 133 Å². The predicted octanol–water partition coefficient (Wildman–Crippen LogP) is 3.25. The zero-order valence-electron chi connectivity index (χ0n) is 12.1. The summed E-state index contributed by atoms with van der Waals surface area (Å²) in [6, 6.07) is 10.4. The lowest BCUT2D eigenvalue weighted by molar-refractivity contribution is 0.243. The molecule has 0 spiro atoms. The van der Waals surface area contributed by atoms with Crippen molar-refractivity contribution < 1.29 is 0 Å². The third-order valence-corrected chi connectivity index (χ3v) is 4.40. The summed E-state index contributed by atoms with van der Waals surface area (Å²) in [7, 11) is 0. The van der Waals surface area contributed by atoms with Crippen LogP contribution in [0.1, 0.15) is 16.8 Å². The van der Waals surface area contributed by atoms with E-state index in [1.807, 2.05) is 18.5 Å². The van der Waals surface area contributed by atoms with Gasteiger partial charge in [0.05, 0.1) is 5.52 Å². The van der Waals surface area contributed by atoms with E-state index < -0.39 is 0 Å². The van der Waals surface area contributed by atoms with E-state index in [1.54, 1.807) is 0 Å². The first-order chi connectivity index (χ1) is 10.8. The Kier molecular flexibility index (Phi) is 3.44. The molecule has 2 aromatic heterocycles. The van der Waals surface area contributed by atoms with Crippen LogP contribution in [0.2, 0.25) is 0 Å². The number of aromatic nitrogens is 3. The highest BCUT2D eigenvalue weighted by atomic mass is 32.1. The quantitative estimate of drug-likeness (QED) is 0.738. The van der Waals surface area contributed by atoms with E-state index in [2.05, 4.69) is 44.1 Å². The molecule has 0 saturated heterocycles. The smallest absolute Gasteiger partial charge is 0.196 e. The topological polar surface area (TPSA) is 44.8 Å². The number of rotatable bonds is 2. The van der Waals surface area contributed by atoms with Crippen molar-refractivity contribution in [3.63, 3.8) is 0 Å². The molecule has 0 aliphatic carbocycles. The van der Waals surface area contributed by atoms with E-state index in [0.29, 0.717) is 4.77 Å². The Balaban J connectivity index is 1.61. The number of nitrogens with zero attached hydrogens (tertiary/aromatic N) is 3. The maximum absolute atomic E-state index is 5.10. The predicted molar refractivity (Wildman–Crippen MR) is 89.0 cm³/mol. The number of H-pyrrole nitrogens is 1. The summed E-state index contributed by atoms with van der Waals surface area (Å²) in [4.78, 5) is 14.3. The molecule has 0 unspecified atom stereocenters. The number of fused-ring (bicyclic) bond motifs is 2. The van der Waals surface area contributed by atoms with Crippen molar-refractivity contribution in [3.05, 3.63) is 64.3 Å². The second-order valence-corrected chi connectivity index (χ2v) is 6.03. The molecule has 4 rings (SSSR count). The van der Waals surface area contributed by atoms with Gasteiger partial charge in [-0.1, -0.05) is 18.2 Å². The maximum Gasteiger partial charge on any atom is 0.196 e. The van der Waals surface area contributed by atoms with E-state index in [-0.39, 0.29) is 0 Å². The maximum atomic E-state index is 5.10. The van der Waals surface area contributed by atoms with E-state index in [1.165, 1.54) is 22.2 Å². The van der Waals surface area contributed by atoms with Gasteiger partial charge in [0.15, 0.2) is 4.77 Å². The van der Waals surface area contributed by atoms with Gasteiger partial charge in [-0.05, 0) is 29.9 Å². The molecule has 22 heavy (non-hydrogen) atoms. The highest BCUT2D eigenvalue weighted by Gasteiger charge is 2.17. The standard InChI is InChI=1S/C17H16N4S/c22-17-19-9-13-11-21(8-6-15(13)20-17)10-12-5-7-18-16-4-2-1-3-14(12)16/h1-5,7,9H,6,8,10-11H2,(H,19,20,22). The van der Waals surface area contributed by atoms with Crippen molar-refractivity contribution in [2.45, 2.75) is 19.5 Å². The zero-order chi connectivity index (χ0) is 14.9. The van der Waals surface area contributed by atoms with Gasteiger partial charge in [0.1, 0.15) is 0 Å². The van der Waals surface area contributed by atoms with Crippen LogP contribution in [0.15, 0.2) is 42.7 Å². The van der Waals surface area contributed by atoms with Crippen LogP contribution in [-0.2, 0) is 19.5 Å². The lowest BCUT2D eigenvalue weighted by atomic mass is 10.0. The summed E-state index contributed by atoms with van der Waals surface area (Å²) in [6.07, 6.45) is 4.80. The van der Waals surface area contributed by atoms with E-state index in [4.69, 9.17) is 12.2 Å². The fraction of sp³-hybridized carbons (Fsp3) is 0.235. The van der Waals surface area contributed by atoms with Gasteiger partial charge in [0.25, 0.3) is 0 Å². The van der Waals surface area contributed by atoms with Crippen LogP contribution in [0.5, 0.6) is 0 Å². The van der Waals surface area contributed by atoms with Crippen molar-refractivity contribution in [1.29, 1.82) is 0 Å². The van der Waals surface area contributed by atoms with Crippen LogP contribution in [0, 0.1) is 4.77 Å². The molecule has 0 saturated carbocycles. The third kappa shape index (κ3) is 2.53. The molecule has 0 fully saturated rings. The van der Waals surface area contributed by atoms with E-state index in [9.17, 15) is 0 Å². The SMILES string of the molecule is S=c1ncc2c([nH]1)CCN(Cc1ccnc3ccccc13)C2. The average molecular weight is 308 g/mol. The number of pyridine rings is 1. The van der Waals surface area contributed by atoms with Crippen LogP contribution in [0.3, 0.4) is 0 Å². The lowest BCUT2D eigenvalue weighted by Crippen LogP contribution is -2.31. The number of hydrogen-bond donors (Lipinski definition) is 1. The monoisotopic (exact) mass is 308 g/mol. The van der Waals surface area contributed by atoms with Gasteiger partial charge < -0.3 is 4.98 Å². The average Bonchev–Trinajstić information content (AvgIpc) is 2.55. The Morgan fingerprint density at radius 3 is 3.05 bits per heavy atom. The van der Waals surface area contributed by atoms with Gasteiger partial charge in [0.2, 0.25) is 0 Å². The zero-order valence-corrected chi connectivity index (χ0v) is 12.9. The van der Waals surface area contributed by atoms with Crippen molar-refractivity contribution in [2.75, 3.05) is 6.54 Å². The molecule has 0 bridgehead atoms. The van der Waals surface area contributed by atoms with Crippen molar-refractivity contribution >= 4 is 23.1 Å². The minimum Gasteiger partial charge on any atom is -0.334 e. The number of hydrogen-bond acceptors (Lipinski definition) is 4. The Hall–Kier alpha value is -2.11. The van der Waals surface area contributed by atoms with Gasteiger partial charge in [-0.25, -0.2) is 4.98 Å². The number of benzene rings is 1. The van der Waals surface area contributed by atoms with Crippen LogP contribution in [0.25, 0.3) is 10.9 Å². The second-order valence-electron chi connectivity index (χ2n) is 5.64. The molecule has 0 radical (unpaired) electrons. The molecular formula is C17H16N4S. The van der Waals surface area contributed by atoms with E-state index >= 15 is 0 Å². The van der Waals surface area contributed by atoms with Gasteiger partial charge >= 0.3 is 0 Å². The summed E-state index contributed by atoms with van der Waals surface area (Å²) in [5.41, 5.74) is 4.86. The minimum absolute atomic E-state index is 0.576. The number of para-hydroxylation sites is 1. The fourth-order valence-corrected chi connectivity index (χ4v) is 3.25. The molecule has 110 valence electrons. The number of nitrogens with one attached hydrogen (secondary N) is 1. The lowest BCUT2D eigenvalue weighted by Gasteiger charge is -2.28. The summed E-state index contributed by atoms with van der Waals surface area (Å²) in [6.45, 7) is 2.86. The van der Waals surface area contributed by atoms with E-state index in [0.717, 1.165) is 31.6 Å². The molecule has 5 heteroatoms. The first-order valence-electron chi connectivity index (χ1n) is 7.42. The highest BCUT2D eigenvalue weighted by Crippen LogP contribution is 2.22. The summed E-state index contributed by atoms with van der Waals surface area (Å²) in [5, 5.41) is 1.24.